The van der Waals surface area contributed by atoms with Crippen molar-refractivity contribution in [3.63, 3.8) is 0 Å². The van der Waals surface area contributed by atoms with Gasteiger partial charge in [-0.05, 0) is 42.0 Å². The molecule has 1 aliphatic rings. The maximum atomic E-state index is 12.9. The van der Waals surface area contributed by atoms with Gasteiger partial charge < -0.3 is 16.0 Å². The van der Waals surface area contributed by atoms with Crippen LogP contribution in [0.2, 0.25) is 15.1 Å². The Kier molecular flexibility index (Phi) is 5.41. The van der Waals surface area contributed by atoms with Crippen LogP contribution in [0.4, 0.5) is 10.5 Å². The first-order chi connectivity index (χ1) is 12.3. The van der Waals surface area contributed by atoms with Crippen molar-refractivity contribution in [2.75, 3.05) is 5.32 Å². The summed E-state index contributed by atoms with van der Waals surface area (Å²) >= 11 is 18.1. The third-order valence-electron chi connectivity index (χ3n) is 3.96. The van der Waals surface area contributed by atoms with Crippen molar-refractivity contribution in [1.29, 1.82) is 0 Å². The number of halogens is 3. The summed E-state index contributed by atoms with van der Waals surface area (Å²) in [7, 11) is 0. The van der Waals surface area contributed by atoms with Gasteiger partial charge in [-0.25, -0.2) is 4.79 Å². The summed E-state index contributed by atoms with van der Waals surface area (Å²) < 4.78 is 0. The average molecular weight is 411 g/mol. The Balaban J connectivity index is 1.92. The molecule has 8 heteroatoms. The Bertz CT molecular complexity index is 884. The molecule has 1 saturated heterocycles. The molecule has 26 heavy (non-hydrogen) atoms. The van der Waals surface area contributed by atoms with Crippen molar-refractivity contribution >= 4 is 52.4 Å². The van der Waals surface area contributed by atoms with Crippen LogP contribution in [-0.2, 0) is 4.79 Å². The van der Waals surface area contributed by atoms with Crippen LogP contribution >= 0.6 is 34.8 Å². The van der Waals surface area contributed by atoms with E-state index in [9.17, 15) is 9.59 Å². The summed E-state index contributed by atoms with van der Waals surface area (Å²) in [5.41, 5.74) is 1.42. The van der Waals surface area contributed by atoms with Crippen LogP contribution in [0.5, 0.6) is 0 Å². The van der Waals surface area contributed by atoms with Gasteiger partial charge in [-0.1, -0.05) is 47.4 Å². The van der Waals surface area contributed by atoms with Gasteiger partial charge in [-0.3, -0.25) is 4.79 Å². The first-order valence-corrected chi connectivity index (χ1v) is 8.76. The molecule has 2 aromatic rings. The molecule has 0 aliphatic carbocycles. The first kappa shape index (κ1) is 18.6. The molecule has 3 N–H and O–H groups in total. The molecule has 2 atom stereocenters. The normalized spacial score (nSPS) is 19.5. The Morgan fingerprint density at radius 2 is 1.69 bits per heavy atom. The van der Waals surface area contributed by atoms with E-state index in [0.29, 0.717) is 26.3 Å². The molecule has 0 spiro atoms. The van der Waals surface area contributed by atoms with Crippen LogP contribution in [0, 0.1) is 5.92 Å². The Morgan fingerprint density at radius 1 is 1.04 bits per heavy atom. The lowest BCUT2D eigenvalue weighted by Gasteiger charge is -2.34. The van der Waals surface area contributed by atoms with Crippen LogP contribution in [0.3, 0.4) is 0 Å². The fourth-order valence-electron chi connectivity index (χ4n) is 2.76. The summed E-state index contributed by atoms with van der Waals surface area (Å²) in [6.07, 6.45) is 0. The van der Waals surface area contributed by atoms with E-state index in [2.05, 4.69) is 22.5 Å². The van der Waals surface area contributed by atoms with Gasteiger partial charge in [0.25, 0.3) is 0 Å². The number of carbonyl (C=O) groups is 2. The molecule has 2 aromatic carbocycles. The summed E-state index contributed by atoms with van der Waals surface area (Å²) in [5, 5.41) is 9.43. The van der Waals surface area contributed by atoms with Crippen LogP contribution in [0.15, 0.2) is 54.7 Å². The lowest BCUT2D eigenvalue weighted by Crippen LogP contribution is -2.51. The van der Waals surface area contributed by atoms with Gasteiger partial charge in [0.05, 0.1) is 6.04 Å². The lowest BCUT2D eigenvalue weighted by atomic mass is 9.88. The highest BCUT2D eigenvalue weighted by Crippen LogP contribution is 2.35. The first-order valence-electron chi connectivity index (χ1n) is 7.63. The van der Waals surface area contributed by atoms with Crippen molar-refractivity contribution in [3.05, 3.63) is 75.4 Å². The Morgan fingerprint density at radius 3 is 2.35 bits per heavy atom. The number of amides is 3. The molecular weight excluding hydrogens is 397 g/mol. The Hall–Kier alpha value is -2.21. The van der Waals surface area contributed by atoms with Crippen molar-refractivity contribution in [3.8, 4) is 0 Å². The standard InChI is InChI=1S/C18H14Cl3N3O2/c1-9-15(17(25)23-12-5-2-10(19)3-6-12)16(24-18(26)22-9)13-7-4-11(20)8-14(13)21/h2-8,15-16H,1H2,(H,23,25)(H2,22,24,26). The number of anilines is 1. The number of rotatable bonds is 3. The zero-order valence-electron chi connectivity index (χ0n) is 13.4. The third kappa shape index (κ3) is 3.96. The van der Waals surface area contributed by atoms with Crippen molar-refractivity contribution in [2.45, 2.75) is 6.04 Å². The molecule has 2 unspecified atom stereocenters. The third-order valence-corrected chi connectivity index (χ3v) is 4.78. The van der Waals surface area contributed by atoms with Gasteiger partial charge in [-0.15, -0.1) is 0 Å². The van der Waals surface area contributed by atoms with E-state index in [-0.39, 0.29) is 11.6 Å². The van der Waals surface area contributed by atoms with Crippen LogP contribution in [0.25, 0.3) is 0 Å². The summed E-state index contributed by atoms with van der Waals surface area (Å²) in [4.78, 5) is 24.8. The molecule has 1 fully saturated rings. The van der Waals surface area contributed by atoms with E-state index < -0.39 is 18.0 Å². The monoisotopic (exact) mass is 409 g/mol. The second-order valence-corrected chi connectivity index (χ2v) is 7.02. The second-order valence-electron chi connectivity index (χ2n) is 5.74. The molecule has 0 aromatic heterocycles. The maximum Gasteiger partial charge on any atom is 0.319 e. The van der Waals surface area contributed by atoms with Crippen molar-refractivity contribution in [2.24, 2.45) is 5.92 Å². The van der Waals surface area contributed by atoms with Gasteiger partial charge in [0.2, 0.25) is 5.91 Å². The van der Waals surface area contributed by atoms with E-state index in [1.165, 1.54) is 0 Å². The lowest BCUT2D eigenvalue weighted by molar-refractivity contribution is -0.119. The molecule has 0 bridgehead atoms. The molecule has 3 amide bonds. The number of benzene rings is 2. The molecule has 0 saturated carbocycles. The SMILES string of the molecule is C=C1NC(=O)NC(c2ccc(Cl)cc2Cl)C1C(=O)Nc1ccc(Cl)cc1. The minimum absolute atomic E-state index is 0.274. The average Bonchev–Trinajstić information content (AvgIpc) is 2.56. The quantitative estimate of drug-likeness (QED) is 0.682. The van der Waals surface area contributed by atoms with Gasteiger partial charge in [-0.2, -0.15) is 0 Å². The van der Waals surface area contributed by atoms with Crippen LogP contribution < -0.4 is 16.0 Å². The predicted octanol–water partition coefficient (Wildman–Crippen LogP) is 4.77. The highest BCUT2D eigenvalue weighted by Gasteiger charge is 2.38. The minimum Gasteiger partial charge on any atom is -0.330 e. The molecule has 134 valence electrons. The molecular formula is C18H14Cl3N3O2. The molecule has 3 rings (SSSR count). The fraction of sp³-hybridized carbons (Fsp3) is 0.111. The van der Waals surface area contributed by atoms with Crippen molar-refractivity contribution in [1.82, 2.24) is 10.6 Å². The van der Waals surface area contributed by atoms with E-state index in [0.717, 1.165) is 0 Å². The number of hydrogen-bond acceptors (Lipinski definition) is 2. The summed E-state index contributed by atoms with van der Waals surface area (Å²) in [5.74, 6) is -1.12. The van der Waals surface area contributed by atoms with Gasteiger partial charge in [0.15, 0.2) is 0 Å². The number of urea groups is 1. The Labute approximate surface area is 165 Å². The van der Waals surface area contributed by atoms with Crippen LogP contribution in [0.1, 0.15) is 11.6 Å². The number of hydrogen-bond donors (Lipinski definition) is 3. The topological polar surface area (TPSA) is 70.2 Å². The zero-order chi connectivity index (χ0) is 18.8. The molecule has 0 radical (unpaired) electrons. The fourth-order valence-corrected chi connectivity index (χ4v) is 3.41. The van der Waals surface area contributed by atoms with Crippen molar-refractivity contribution < 1.29 is 9.59 Å². The summed E-state index contributed by atoms with van der Waals surface area (Å²) in [6, 6.07) is 10.4. The van der Waals surface area contributed by atoms with E-state index in [1.54, 1.807) is 42.5 Å². The summed E-state index contributed by atoms with van der Waals surface area (Å²) in [6.45, 7) is 3.82. The van der Waals surface area contributed by atoms with Crippen LogP contribution in [-0.4, -0.2) is 11.9 Å². The molecule has 1 aliphatic heterocycles. The van der Waals surface area contributed by atoms with E-state index >= 15 is 0 Å². The van der Waals surface area contributed by atoms with E-state index in [4.69, 9.17) is 34.8 Å². The second kappa shape index (κ2) is 7.58. The smallest absolute Gasteiger partial charge is 0.319 e. The number of carbonyl (C=O) groups excluding carboxylic acids is 2. The predicted molar refractivity (Wildman–Crippen MR) is 104 cm³/mol. The molecule has 5 nitrogen and oxygen atoms in total. The largest absolute Gasteiger partial charge is 0.330 e. The van der Waals surface area contributed by atoms with Gasteiger partial charge in [0, 0.05) is 26.5 Å². The highest BCUT2D eigenvalue weighted by atomic mass is 35.5. The number of nitrogens with one attached hydrogen (secondary N) is 3. The minimum atomic E-state index is -0.776. The van der Waals surface area contributed by atoms with E-state index in [1.807, 2.05) is 0 Å². The van der Waals surface area contributed by atoms with Gasteiger partial charge >= 0.3 is 6.03 Å². The molecule has 1 heterocycles. The zero-order valence-corrected chi connectivity index (χ0v) is 15.6. The maximum absolute atomic E-state index is 12.9. The highest BCUT2D eigenvalue weighted by molar-refractivity contribution is 6.35. The van der Waals surface area contributed by atoms with Gasteiger partial charge in [0.1, 0.15) is 5.92 Å².